The van der Waals surface area contributed by atoms with Gasteiger partial charge < -0.3 is 9.94 Å². The number of methoxy groups -OCH3 is 1. The third kappa shape index (κ3) is 1.95. The van der Waals surface area contributed by atoms with Crippen molar-refractivity contribution in [2.24, 2.45) is 0 Å². The molecule has 0 bridgehead atoms. The molecule has 0 amide bonds. The zero-order valence-electron chi connectivity index (χ0n) is 9.18. The maximum Gasteiger partial charge on any atom is 0.333 e. The zero-order valence-corrected chi connectivity index (χ0v) is 9.18. The van der Waals surface area contributed by atoms with Crippen LogP contribution in [0.1, 0.15) is 5.56 Å². The van der Waals surface area contributed by atoms with E-state index in [0.717, 1.165) is 15.9 Å². The predicted octanol–water partition coefficient (Wildman–Crippen LogP) is 1.70. The molecule has 4 heteroatoms. The van der Waals surface area contributed by atoms with Crippen LogP contribution in [-0.4, -0.2) is 12.1 Å². The molecule has 82 valence electrons. The standard InChI is InChI=1S/C12H12N2O2/c1-9-7-13-12(14(15)8-9)10-4-3-5-11(6-10)16-2/h3-8H,1-2H3. The first-order chi connectivity index (χ1) is 7.70. The van der Waals surface area contributed by atoms with E-state index in [1.54, 1.807) is 19.4 Å². The van der Waals surface area contributed by atoms with E-state index in [1.807, 2.05) is 25.1 Å². The van der Waals surface area contributed by atoms with Gasteiger partial charge in [0, 0.05) is 5.56 Å². The second-order valence-corrected chi connectivity index (χ2v) is 3.51. The third-order valence-corrected chi connectivity index (χ3v) is 2.25. The minimum Gasteiger partial charge on any atom is -0.710 e. The van der Waals surface area contributed by atoms with Crippen molar-refractivity contribution in [1.29, 1.82) is 0 Å². The minimum absolute atomic E-state index is 0.379. The number of ether oxygens (including phenoxy) is 1. The van der Waals surface area contributed by atoms with Gasteiger partial charge in [-0.2, -0.15) is 0 Å². The van der Waals surface area contributed by atoms with Crippen molar-refractivity contribution >= 4 is 0 Å². The summed E-state index contributed by atoms with van der Waals surface area (Å²) in [5, 5.41) is 11.7. The lowest BCUT2D eigenvalue weighted by Gasteiger charge is -2.06. The molecule has 1 heterocycles. The van der Waals surface area contributed by atoms with Crippen LogP contribution in [0.25, 0.3) is 11.4 Å². The Balaban J connectivity index is 2.49. The Hall–Kier alpha value is -2.10. The largest absolute Gasteiger partial charge is 0.710 e. The fourth-order valence-electron chi connectivity index (χ4n) is 1.46. The SMILES string of the molecule is COc1cccc(-c2ncc(C)c[n+]2[O-])c1. The molecule has 2 rings (SSSR count). The molecule has 4 nitrogen and oxygen atoms in total. The molecule has 1 aromatic heterocycles. The second-order valence-electron chi connectivity index (χ2n) is 3.51. The van der Waals surface area contributed by atoms with Crippen molar-refractivity contribution < 1.29 is 9.47 Å². The molecule has 0 spiro atoms. The van der Waals surface area contributed by atoms with Crippen LogP contribution in [0.3, 0.4) is 0 Å². The van der Waals surface area contributed by atoms with Crippen LogP contribution in [0.5, 0.6) is 5.75 Å². The first kappa shape index (κ1) is 10.4. The Morgan fingerprint density at radius 2 is 2.19 bits per heavy atom. The van der Waals surface area contributed by atoms with Gasteiger partial charge in [-0.3, -0.25) is 0 Å². The van der Waals surface area contributed by atoms with E-state index in [1.165, 1.54) is 6.20 Å². The Kier molecular flexibility index (Phi) is 2.72. The molecule has 0 aliphatic rings. The Labute approximate surface area is 93.7 Å². The number of aryl methyl sites for hydroxylation is 1. The van der Waals surface area contributed by atoms with Crippen molar-refractivity contribution in [2.75, 3.05) is 7.11 Å². The van der Waals surface area contributed by atoms with Crippen molar-refractivity contribution in [2.45, 2.75) is 6.92 Å². The molecule has 0 radical (unpaired) electrons. The highest BCUT2D eigenvalue weighted by Crippen LogP contribution is 2.19. The molecule has 0 N–H and O–H groups in total. The van der Waals surface area contributed by atoms with Gasteiger partial charge >= 0.3 is 5.82 Å². The summed E-state index contributed by atoms with van der Waals surface area (Å²) in [6.07, 6.45) is 3.17. The topological polar surface area (TPSA) is 49.1 Å². The maximum atomic E-state index is 11.7. The van der Waals surface area contributed by atoms with Gasteiger partial charge in [0.05, 0.1) is 12.7 Å². The van der Waals surface area contributed by atoms with Crippen molar-refractivity contribution in [3.05, 3.63) is 47.4 Å². The van der Waals surface area contributed by atoms with Crippen molar-refractivity contribution in [3.8, 4) is 17.1 Å². The Morgan fingerprint density at radius 3 is 2.88 bits per heavy atom. The molecule has 0 aliphatic carbocycles. The predicted molar refractivity (Wildman–Crippen MR) is 59.9 cm³/mol. The number of aromatic nitrogens is 2. The molecule has 0 saturated heterocycles. The van der Waals surface area contributed by atoms with Gasteiger partial charge in [0.1, 0.15) is 18.1 Å². The highest BCUT2D eigenvalue weighted by Gasteiger charge is 2.11. The van der Waals surface area contributed by atoms with E-state index in [0.29, 0.717) is 11.6 Å². The first-order valence-corrected chi connectivity index (χ1v) is 4.91. The number of hydrogen-bond donors (Lipinski definition) is 0. The van der Waals surface area contributed by atoms with Gasteiger partial charge in [-0.15, -0.1) is 0 Å². The highest BCUT2D eigenvalue weighted by atomic mass is 16.5. The molecule has 0 saturated carbocycles. The highest BCUT2D eigenvalue weighted by molar-refractivity contribution is 5.54. The van der Waals surface area contributed by atoms with E-state index in [2.05, 4.69) is 4.98 Å². The molecule has 2 aromatic rings. The average molecular weight is 216 g/mol. The minimum atomic E-state index is 0.379. The third-order valence-electron chi connectivity index (χ3n) is 2.25. The van der Waals surface area contributed by atoms with Gasteiger partial charge in [0.15, 0.2) is 0 Å². The summed E-state index contributed by atoms with van der Waals surface area (Å²) in [4.78, 5) is 4.12. The molecule has 0 unspecified atom stereocenters. The van der Waals surface area contributed by atoms with Gasteiger partial charge in [-0.25, -0.2) is 4.73 Å². The number of hydrogen-bond acceptors (Lipinski definition) is 3. The van der Waals surface area contributed by atoms with Crippen LogP contribution in [0, 0.1) is 12.1 Å². The molecule has 0 atom stereocenters. The Bertz CT molecular complexity index is 512. The van der Waals surface area contributed by atoms with Crippen LogP contribution in [-0.2, 0) is 0 Å². The molecule has 1 aromatic carbocycles. The van der Waals surface area contributed by atoms with Crippen LogP contribution in [0.2, 0.25) is 0 Å². The van der Waals surface area contributed by atoms with E-state index in [-0.39, 0.29) is 0 Å². The van der Waals surface area contributed by atoms with Crippen LogP contribution < -0.4 is 9.47 Å². The molecule has 0 aliphatic heterocycles. The van der Waals surface area contributed by atoms with Crippen LogP contribution in [0.4, 0.5) is 0 Å². The van der Waals surface area contributed by atoms with Gasteiger partial charge in [-0.1, -0.05) is 6.07 Å². The van der Waals surface area contributed by atoms with E-state index in [9.17, 15) is 5.21 Å². The summed E-state index contributed by atoms with van der Waals surface area (Å²) in [6, 6.07) is 7.27. The summed E-state index contributed by atoms with van der Waals surface area (Å²) >= 11 is 0. The molecular formula is C12H12N2O2. The maximum absolute atomic E-state index is 11.7. The lowest BCUT2D eigenvalue weighted by atomic mass is 10.2. The summed E-state index contributed by atoms with van der Waals surface area (Å²) < 4.78 is 5.87. The lowest BCUT2D eigenvalue weighted by Crippen LogP contribution is -2.30. The summed E-state index contributed by atoms with van der Waals surface area (Å²) in [6.45, 7) is 1.83. The number of nitrogens with zero attached hydrogens (tertiary/aromatic N) is 2. The van der Waals surface area contributed by atoms with Gasteiger partial charge in [0.2, 0.25) is 0 Å². The molecular weight excluding hydrogens is 204 g/mol. The van der Waals surface area contributed by atoms with E-state index >= 15 is 0 Å². The normalized spacial score (nSPS) is 10.1. The second kappa shape index (κ2) is 4.18. The van der Waals surface area contributed by atoms with Gasteiger partial charge in [0.25, 0.3) is 0 Å². The van der Waals surface area contributed by atoms with Crippen molar-refractivity contribution in [1.82, 2.24) is 4.98 Å². The summed E-state index contributed by atoms with van der Waals surface area (Å²) in [5.74, 6) is 1.09. The van der Waals surface area contributed by atoms with Crippen molar-refractivity contribution in [3.63, 3.8) is 0 Å². The first-order valence-electron chi connectivity index (χ1n) is 4.91. The Morgan fingerprint density at radius 1 is 1.38 bits per heavy atom. The van der Waals surface area contributed by atoms with Crippen LogP contribution >= 0.6 is 0 Å². The quantitative estimate of drug-likeness (QED) is 0.567. The number of rotatable bonds is 2. The lowest BCUT2D eigenvalue weighted by molar-refractivity contribution is -0.597. The van der Waals surface area contributed by atoms with E-state index < -0.39 is 0 Å². The molecule has 16 heavy (non-hydrogen) atoms. The average Bonchev–Trinajstić information content (AvgIpc) is 2.29. The van der Waals surface area contributed by atoms with Gasteiger partial charge in [-0.05, 0) is 30.1 Å². The zero-order chi connectivity index (χ0) is 11.5. The van der Waals surface area contributed by atoms with E-state index in [4.69, 9.17) is 4.74 Å². The fraction of sp³-hybridized carbons (Fsp3) is 0.167. The fourth-order valence-corrected chi connectivity index (χ4v) is 1.46. The molecule has 0 fully saturated rings. The monoisotopic (exact) mass is 216 g/mol. The summed E-state index contributed by atoms with van der Waals surface area (Å²) in [5.41, 5.74) is 1.58. The summed E-state index contributed by atoms with van der Waals surface area (Å²) in [7, 11) is 1.59. The number of benzene rings is 1. The van der Waals surface area contributed by atoms with Crippen LogP contribution in [0.15, 0.2) is 36.7 Å². The smallest absolute Gasteiger partial charge is 0.333 e.